The molecule has 78 valence electrons. The van der Waals surface area contributed by atoms with E-state index in [9.17, 15) is 0 Å². The minimum Gasteiger partial charge on any atom is -0.313 e. The molecule has 0 spiro atoms. The lowest BCUT2D eigenvalue weighted by atomic mass is 9.98. The van der Waals surface area contributed by atoms with Crippen molar-refractivity contribution in [2.24, 2.45) is 10.9 Å². The summed E-state index contributed by atoms with van der Waals surface area (Å²) < 4.78 is 0. The van der Waals surface area contributed by atoms with Gasteiger partial charge in [-0.1, -0.05) is 25.5 Å². The summed E-state index contributed by atoms with van der Waals surface area (Å²) >= 11 is 0. The molecule has 0 amide bonds. The number of hydrogen-bond donors (Lipinski definition) is 1. The molecular weight excluding hydrogens is 172 g/mol. The zero-order valence-corrected chi connectivity index (χ0v) is 9.21. The van der Waals surface area contributed by atoms with Gasteiger partial charge in [-0.2, -0.15) is 0 Å². The predicted molar refractivity (Wildman–Crippen MR) is 62.7 cm³/mol. The van der Waals surface area contributed by atoms with Gasteiger partial charge in [-0.25, -0.2) is 0 Å². The van der Waals surface area contributed by atoms with E-state index in [2.05, 4.69) is 37.0 Å². The maximum Gasteiger partial charge on any atom is 0.0295 e. The van der Waals surface area contributed by atoms with Crippen molar-refractivity contribution in [1.29, 1.82) is 0 Å². The molecule has 1 heterocycles. The third-order valence-corrected chi connectivity index (χ3v) is 2.48. The molecule has 1 fully saturated rings. The maximum atomic E-state index is 3.85. The highest BCUT2D eigenvalue weighted by Crippen LogP contribution is 2.17. The van der Waals surface area contributed by atoms with E-state index < -0.39 is 0 Å². The SMILES string of the molecule is C=N/C=C(\C=C1\CCCNC1)C(C)C. The van der Waals surface area contributed by atoms with E-state index in [1.807, 2.05) is 6.20 Å². The molecule has 1 aliphatic heterocycles. The van der Waals surface area contributed by atoms with E-state index in [0.717, 1.165) is 13.1 Å². The molecule has 0 aromatic rings. The highest BCUT2D eigenvalue weighted by atomic mass is 14.9. The Morgan fingerprint density at radius 2 is 2.36 bits per heavy atom. The van der Waals surface area contributed by atoms with Crippen molar-refractivity contribution in [1.82, 2.24) is 5.32 Å². The van der Waals surface area contributed by atoms with Crippen LogP contribution in [0.25, 0.3) is 0 Å². The lowest BCUT2D eigenvalue weighted by Crippen LogP contribution is -2.23. The van der Waals surface area contributed by atoms with Crippen LogP contribution in [0, 0.1) is 5.92 Å². The van der Waals surface area contributed by atoms with Gasteiger partial charge in [-0.15, -0.1) is 0 Å². The summed E-state index contributed by atoms with van der Waals surface area (Å²) in [6.07, 6.45) is 6.60. The van der Waals surface area contributed by atoms with Gasteiger partial charge < -0.3 is 5.32 Å². The first-order chi connectivity index (χ1) is 6.74. The summed E-state index contributed by atoms with van der Waals surface area (Å²) in [5.74, 6) is 0.523. The second kappa shape index (κ2) is 5.76. The smallest absolute Gasteiger partial charge is 0.0295 e. The summed E-state index contributed by atoms with van der Waals surface area (Å²) in [6.45, 7) is 10.1. The molecule has 0 aromatic carbocycles. The van der Waals surface area contributed by atoms with Crippen molar-refractivity contribution >= 4 is 6.72 Å². The summed E-state index contributed by atoms with van der Waals surface area (Å²) in [5.41, 5.74) is 2.76. The minimum atomic E-state index is 0.523. The van der Waals surface area contributed by atoms with E-state index in [4.69, 9.17) is 0 Å². The molecule has 0 saturated carbocycles. The Labute approximate surface area is 86.8 Å². The van der Waals surface area contributed by atoms with Crippen molar-refractivity contribution in [3.8, 4) is 0 Å². The van der Waals surface area contributed by atoms with Gasteiger partial charge in [-0.05, 0) is 37.6 Å². The second-order valence-corrected chi connectivity index (χ2v) is 4.05. The molecule has 0 atom stereocenters. The Hall–Kier alpha value is -0.890. The second-order valence-electron chi connectivity index (χ2n) is 4.05. The monoisotopic (exact) mass is 192 g/mol. The van der Waals surface area contributed by atoms with Gasteiger partial charge in [0.25, 0.3) is 0 Å². The molecule has 0 aliphatic carbocycles. The molecule has 14 heavy (non-hydrogen) atoms. The van der Waals surface area contributed by atoms with Gasteiger partial charge in [0.15, 0.2) is 0 Å². The average Bonchev–Trinajstić information content (AvgIpc) is 2.18. The fourth-order valence-electron chi connectivity index (χ4n) is 1.60. The van der Waals surface area contributed by atoms with Crippen LogP contribution in [0.15, 0.2) is 28.4 Å². The molecular formula is C12H20N2. The highest BCUT2D eigenvalue weighted by Gasteiger charge is 2.06. The van der Waals surface area contributed by atoms with E-state index in [1.165, 1.54) is 24.0 Å². The zero-order valence-electron chi connectivity index (χ0n) is 9.21. The van der Waals surface area contributed by atoms with E-state index in [1.54, 1.807) is 0 Å². The van der Waals surface area contributed by atoms with Crippen LogP contribution in [0.2, 0.25) is 0 Å². The van der Waals surface area contributed by atoms with Crippen LogP contribution in [0.1, 0.15) is 26.7 Å². The number of nitrogens with one attached hydrogen (secondary N) is 1. The van der Waals surface area contributed by atoms with E-state index in [-0.39, 0.29) is 0 Å². The normalized spacial score (nSPS) is 21.6. The predicted octanol–water partition coefficient (Wildman–Crippen LogP) is 2.54. The number of hydrogen-bond acceptors (Lipinski definition) is 2. The fraction of sp³-hybridized carbons (Fsp3) is 0.583. The van der Waals surface area contributed by atoms with Crippen molar-refractivity contribution in [3.05, 3.63) is 23.4 Å². The molecule has 2 nitrogen and oxygen atoms in total. The Bertz CT molecular complexity index is 241. The lowest BCUT2D eigenvalue weighted by molar-refractivity contribution is 0.607. The number of nitrogens with zero attached hydrogens (tertiary/aromatic N) is 1. The standard InChI is InChI=1S/C12H20N2/c1-10(2)12(9-13-3)7-11-5-4-6-14-8-11/h7,9-10,14H,3-6,8H2,1-2H3/b11-7-,12-9+. The molecule has 1 N–H and O–H groups in total. The van der Waals surface area contributed by atoms with Crippen molar-refractivity contribution in [2.75, 3.05) is 13.1 Å². The minimum absolute atomic E-state index is 0.523. The Morgan fingerprint density at radius 3 is 2.86 bits per heavy atom. The summed E-state index contributed by atoms with van der Waals surface area (Å²) in [7, 11) is 0. The maximum absolute atomic E-state index is 3.85. The van der Waals surface area contributed by atoms with Crippen LogP contribution < -0.4 is 5.32 Å². The van der Waals surface area contributed by atoms with Crippen molar-refractivity contribution < 1.29 is 0 Å². The first-order valence-corrected chi connectivity index (χ1v) is 5.30. The van der Waals surface area contributed by atoms with Gasteiger partial charge in [0, 0.05) is 12.7 Å². The largest absolute Gasteiger partial charge is 0.313 e. The fourth-order valence-corrected chi connectivity index (χ4v) is 1.60. The number of allylic oxidation sites excluding steroid dienone is 2. The Kier molecular flexibility index (Phi) is 4.60. The molecule has 0 radical (unpaired) electrons. The number of rotatable bonds is 3. The summed E-state index contributed by atoms with van der Waals surface area (Å²) in [5, 5.41) is 3.38. The third-order valence-electron chi connectivity index (χ3n) is 2.48. The topological polar surface area (TPSA) is 24.4 Å². The number of aliphatic imine (C=N–C) groups is 1. The molecule has 1 aliphatic rings. The van der Waals surface area contributed by atoms with Gasteiger partial charge in [0.2, 0.25) is 0 Å². The third kappa shape index (κ3) is 3.46. The van der Waals surface area contributed by atoms with Crippen LogP contribution in [-0.4, -0.2) is 19.8 Å². The molecule has 1 rings (SSSR count). The van der Waals surface area contributed by atoms with Gasteiger partial charge in [0.05, 0.1) is 0 Å². The first kappa shape index (κ1) is 11.2. The molecule has 0 bridgehead atoms. The quantitative estimate of drug-likeness (QED) is 0.683. The summed E-state index contributed by atoms with van der Waals surface area (Å²) in [4.78, 5) is 3.85. The molecule has 0 unspecified atom stereocenters. The van der Waals surface area contributed by atoms with Gasteiger partial charge in [0.1, 0.15) is 0 Å². The number of piperidine rings is 1. The van der Waals surface area contributed by atoms with Gasteiger partial charge in [-0.3, -0.25) is 4.99 Å². The van der Waals surface area contributed by atoms with Crippen molar-refractivity contribution in [2.45, 2.75) is 26.7 Å². The van der Waals surface area contributed by atoms with Crippen LogP contribution in [0.4, 0.5) is 0 Å². The lowest BCUT2D eigenvalue weighted by Gasteiger charge is -2.16. The highest BCUT2D eigenvalue weighted by molar-refractivity contribution is 5.31. The Balaban J connectivity index is 2.69. The molecule has 0 aromatic heterocycles. The van der Waals surface area contributed by atoms with Crippen LogP contribution >= 0.6 is 0 Å². The first-order valence-electron chi connectivity index (χ1n) is 5.30. The van der Waals surface area contributed by atoms with Crippen LogP contribution in [0.3, 0.4) is 0 Å². The Morgan fingerprint density at radius 1 is 1.57 bits per heavy atom. The summed E-state index contributed by atoms with van der Waals surface area (Å²) in [6, 6.07) is 0. The molecule has 2 heteroatoms. The van der Waals surface area contributed by atoms with E-state index in [0.29, 0.717) is 5.92 Å². The zero-order chi connectivity index (χ0) is 10.4. The van der Waals surface area contributed by atoms with Gasteiger partial charge >= 0.3 is 0 Å². The van der Waals surface area contributed by atoms with Crippen molar-refractivity contribution in [3.63, 3.8) is 0 Å². The van der Waals surface area contributed by atoms with Crippen LogP contribution in [0.5, 0.6) is 0 Å². The molecule has 1 saturated heterocycles. The van der Waals surface area contributed by atoms with E-state index >= 15 is 0 Å². The van der Waals surface area contributed by atoms with Crippen LogP contribution in [-0.2, 0) is 0 Å². The average molecular weight is 192 g/mol.